The van der Waals surface area contributed by atoms with Crippen molar-refractivity contribution in [2.75, 3.05) is 6.61 Å². The lowest BCUT2D eigenvalue weighted by Gasteiger charge is -2.57. The van der Waals surface area contributed by atoms with Crippen molar-refractivity contribution in [1.29, 1.82) is 0 Å². The van der Waals surface area contributed by atoms with Crippen LogP contribution in [0.1, 0.15) is 86.0 Å². The molecule has 0 heterocycles. The average Bonchev–Trinajstić information content (AvgIpc) is 3.01. The van der Waals surface area contributed by atoms with Gasteiger partial charge in [-0.3, -0.25) is 14.4 Å². The summed E-state index contributed by atoms with van der Waals surface area (Å²) in [6.07, 6.45) is 12.0. The van der Waals surface area contributed by atoms with Gasteiger partial charge in [-0.25, -0.2) is 0 Å². The fourth-order valence-electron chi connectivity index (χ4n) is 7.90. The molecule has 0 amide bonds. The number of carbonyl (C=O) groups excluding carboxylic acids is 3. The van der Waals surface area contributed by atoms with E-state index in [1.54, 1.807) is 0 Å². The number of carbonyl (C=O) groups is 3. The Labute approximate surface area is 203 Å². The Kier molecular flexibility index (Phi) is 6.99. The second-order valence-corrected chi connectivity index (χ2v) is 11.3. The van der Waals surface area contributed by atoms with Gasteiger partial charge in [0.1, 0.15) is 12.2 Å². The van der Waals surface area contributed by atoms with Crippen LogP contribution in [-0.4, -0.2) is 36.7 Å². The van der Waals surface area contributed by atoms with E-state index in [-0.39, 0.29) is 40.9 Å². The van der Waals surface area contributed by atoms with Crippen molar-refractivity contribution in [3.8, 4) is 0 Å². The van der Waals surface area contributed by atoms with Gasteiger partial charge in [0.25, 0.3) is 0 Å². The standard InChI is InChI=1S/C28H40O6/c1-17(29)32-14-6-7-24-26(34-19(3)31)16-25-22-9-8-20-15-21(33-18(2)30)10-12-27(20,4)23(22)11-13-28(24,25)5/h7-8,21-23,25-26H,6,9-16H2,1-5H3/b24-7+/t21-,22?,23?,25?,26-,27-,28+/m0/s1. The largest absolute Gasteiger partial charge is 0.466 e. The van der Waals surface area contributed by atoms with E-state index in [1.165, 1.54) is 31.9 Å². The molecule has 34 heavy (non-hydrogen) atoms. The highest BCUT2D eigenvalue weighted by molar-refractivity contribution is 5.67. The molecular formula is C28H40O6. The third kappa shape index (κ3) is 4.57. The van der Waals surface area contributed by atoms with Crippen molar-refractivity contribution in [2.45, 2.75) is 98.2 Å². The van der Waals surface area contributed by atoms with Gasteiger partial charge in [0.2, 0.25) is 0 Å². The van der Waals surface area contributed by atoms with Crippen LogP contribution in [0.3, 0.4) is 0 Å². The molecule has 4 aliphatic rings. The smallest absolute Gasteiger partial charge is 0.303 e. The normalized spacial score (nSPS) is 39.9. The molecule has 3 saturated carbocycles. The number of esters is 3. The number of ether oxygens (including phenoxy) is 3. The lowest BCUT2D eigenvalue weighted by molar-refractivity contribution is -0.148. The average molecular weight is 473 g/mol. The highest BCUT2D eigenvalue weighted by atomic mass is 16.5. The van der Waals surface area contributed by atoms with Gasteiger partial charge in [-0.1, -0.05) is 31.6 Å². The lowest BCUT2D eigenvalue weighted by atomic mass is 9.48. The van der Waals surface area contributed by atoms with Gasteiger partial charge in [0.15, 0.2) is 0 Å². The van der Waals surface area contributed by atoms with E-state index in [0.29, 0.717) is 30.8 Å². The fraction of sp³-hybridized carbons (Fsp3) is 0.750. The third-order valence-corrected chi connectivity index (χ3v) is 9.35. The number of fused-ring (bicyclic) bond motifs is 5. The van der Waals surface area contributed by atoms with Gasteiger partial charge in [0, 0.05) is 27.2 Å². The predicted molar refractivity (Wildman–Crippen MR) is 128 cm³/mol. The van der Waals surface area contributed by atoms with Crippen LogP contribution in [0.5, 0.6) is 0 Å². The van der Waals surface area contributed by atoms with Crippen LogP contribution in [0.25, 0.3) is 0 Å². The van der Waals surface area contributed by atoms with Gasteiger partial charge in [-0.15, -0.1) is 0 Å². The first-order chi connectivity index (χ1) is 16.0. The minimum atomic E-state index is -0.271. The number of allylic oxidation sites excluding steroid dienone is 1. The van der Waals surface area contributed by atoms with Crippen LogP contribution in [0.4, 0.5) is 0 Å². The van der Waals surface area contributed by atoms with Gasteiger partial charge >= 0.3 is 17.9 Å². The van der Waals surface area contributed by atoms with Gasteiger partial charge in [-0.05, 0) is 79.1 Å². The summed E-state index contributed by atoms with van der Waals surface area (Å²) in [4.78, 5) is 34.6. The Bertz CT molecular complexity index is 903. The van der Waals surface area contributed by atoms with Crippen molar-refractivity contribution in [3.63, 3.8) is 0 Å². The SMILES string of the molecule is CC(=O)OCC/C=C1\[C@@H](OC(C)=O)CC2C3CC=C4C[C@@H](OC(C)=O)CC[C@]4(C)C3CC[C@]12C. The molecule has 0 bridgehead atoms. The summed E-state index contributed by atoms with van der Waals surface area (Å²) in [5.74, 6) is 0.907. The number of hydrogen-bond donors (Lipinski definition) is 0. The molecule has 0 spiro atoms. The molecule has 0 aliphatic heterocycles. The zero-order chi connectivity index (χ0) is 24.7. The first-order valence-corrected chi connectivity index (χ1v) is 12.9. The van der Waals surface area contributed by atoms with Crippen molar-refractivity contribution in [2.24, 2.45) is 28.6 Å². The minimum absolute atomic E-state index is 0.00580. The molecule has 0 aromatic carbocycles. The summed E-state index contributed by atoms with van der Waals surface area (Å²) >= 11 is 0. The molecule has 6 heteroatoms. The zero-order valence-electron chi connectivity index (χ0n) is 21.4. The molecule has 4 rings (SSSR count). The van der Waals surface area contributed by atoms with Crippen molar-refractivity contribution in [3.05, 3.63) is 23.3 Å². The van der Waals surface area contributed by atoms with E-state index in [9.17, 15) is 14.4 Å². The van der Waals surface area contributed by atoms with Crippen molar-refractivity contribution >= 4 is 17.9 Å². The first-order valence-electron chi connectivity index (χ1n) is 12.9. The Balaban J connectivity index is 1.58. The third-order valence-electron chi connectivity index (χ3n) is 9.35. The molecule has 0 saturated heterocycles. The molecule has 0 aromatic heterocycles. The fourth-order valence-corrected chi connectivity index (χ4v) is 7.90. The number of hydrogen-bond acceptors (Lipinski definition) is 6. The molecule has 0 aromatic rings. The molecule has 3 fully saturated rings. The van der Waals surface area contributed by atoms with E-state index in [1.807, 2.05) is 0 Å². The lowest BCUT2D eigenvalue weighted by Crippen LogP contribution is -2.49. The van der Waals surface area contributed by atoms with Crippen LogP contribution < -0.4 is 0 Å². The minimum Gasteiger partial charge on any atom is -0.466 e. The van der Waals surface area contributed by atoms with Crippen molar-refractivity contribution < 1.29 is 28.6 Å². The summed E-state index contributed by atoms with van der Waals surface area (Å²) in [5, 5.41) is 0. The van der Waals surface area contributed by atoms with Crippen molar-refractivity contribution in [1.82, 2.24) is 0 Å². The Morgan fingerprint density at radius 2 is 1.68 bits per heavy atom. The van der Waals surface area contributed by atoms with Gasteiger partial charge < -0.3 is 14.2 Å². The predicted octanol–water partition coefficient (Wildman–Crippen LogP) is 5.30. The maximum absolute atomic E-state index is 11.9. The van der Waals surface area contributed by atoms with Crippen LogP contribution in [0, 0.1) is 28.6 Å². The molecule has 188 valence electrons. The summed E-state index contributed by atoms with van der Waals surface area (Å²) in [7, 11) is 0. The molecule has 0 N–H and O–H groups in total. The maximum Gasteiger partial charge on any atom is 0.303 e. The highest BCUT2D eigenvalue weighted by Gasteiger charge is 2.60. The van der Waals surface area contributed by atoms with Gasteiger partial charge in [0.05, 0.1) is 6.61 Å². The quantitative estimate of drug-likeness (QED) is 0.234. The van der Waals surface area contributed by atoms with Gasteiger partial charge in [-0.2, -0.15) is 0 Å². The Morgan fingerprint density at radius 1 is 0.971 bits per heavy atom. The van der Waals surface area contributed by atoms with Crippen LogP contribution in [0.15, 0.2) is 23.3 Å². The van der Waals surface area contributed by atoms with E-state index >= 15 is 0 Å². The summed E-state index contributed by atoms with van der Waals surface area (Å²) in [6, 6.07) is 0. The summed E-state index contributed by atoms with van der Waals surface area (Å²) in [6.45, 7) is 9.55. The van der Waals surface area contributed by atoms with Crippen LogP contribution in [-0.2, 0) is 28.6 Å². The van der Waals surface area contributed by atoms with E-state index in [4.69, 9.17) is 14.2 Å². The molecule has 0 radical (unpaired) electrons. The first kappa shape index (κ1) is 25.0. The van der Waals surface area contributed by atoms with E-state index < -0.39 is 0 Å². The molecule has 6 nitrogen and oxygen atoms in total. The van der Waals surface area contributed by atoms with Crippen LogP contribution in [0.2, 0.25) is 0 Å². The second kappa shape index (κ2) is 9.50. The molecule has 4 aliphatic carbocycles. The molecular weight excluding hydrogens is 432 g/mol. The highest BCUT2D eigenvalue weighted by Crippen LogP contribution is 2.66. The monoisotopic (exact) mass is 472 g/mol. The number of rotatable bonds is 5. The zero-order valence-corrected chi connectivity index (χ0v) is 21.4. The van der Waals surface area contributed by atoms with E-state index in [2.05, 4.69) is 26.0 Å². The topological polar surface area (TPSA) is 78.9 Å². The second-order valence-electron chi connectivity index (χ2n) is 11.3. The van der Waals surface area contributed by atoms with E-state index in [0.717, 1.165) is 44.9 Å². The molecule has 3 unspecified atom stereocenters. The Morgan fingerprint density at radius 3 is 2.35 bits per heavy atom. The maximum atomic E-state index is 11.9. The van der Waals surface area contributed by atoms with Crippen LogP contribution >= 0.6 is 0 Å². The Hall–Kier alpha value is -2.11. The molecule has 7 atom stereocenters. The summed E-state index contributed by atoms with van der Waals surface area (Å²) < 4.78 is 16.6. The summed E-state index contributed by atoms with van der Waals surface area (Å²) in [5.41, 5.74) is 2.84.